The molecular formula is C48H32N2. The highest BCUT2D eigenvalue weighted by Crippen LogP contribution is 2.43. The van der Waals surface area contributed by atoms with Crippen molar-refractivity contribution < 1.29 is 0 Å². The summed E-state index contributed by atoms with van der Waals surface area (Å²) in [6, 6.07) is 70.5. The summed E-state index contributed by atoms with van der Waals surface area (Å²) >= 11 is 0. The molecule has 0 saturated heterocycles. The predicted molar refractivity (Wildman–Crippen MR) is 213 cm³/mol. The zero-order valence-electron chi connectivity index (χ0n) is 27.4. The van der Waals surface area contributed by atoms with Crippen LogP contribution in [0.3, 0.4) is 0 Å². The van der Waals surface area contributed by atoms with Gasteiger partial charge < -0.3 is 9.47 Å². The second-order valence-corrected chi connectivity index (χ2v) is 13.0. The number of nitrogens with zero attached hydrogens (tertiary/aromatic N) is 2. The number of anilines is 3. The Morgan fingerprint density at radius 3 is 1.80 bits per heavy atom. The monoisotopic (exact) mass is 636 g/mol. The molecule has 0 aliphatic heterocycles. The second kappa shape index (κ2) is 11.5. The molecule has 0 saturated carbocycles. The number of aromatic nitrogens is 1. The van der Waals surface area contributed by atoms with Crippen LogP contribution in [-0.2, 0) is 0 Å². The fourth-order valence-corrected chi connectivity index (χ4v) is 7.87. The van der Waals surface area contributed by atoms with Crippen molar-refractivity contribution in [3.63, 3.8) is 0 Å². The third-order valence-corrected chi connectivity index (χ3v) is 10.1. The average molecular weight is 637 g/mol. The van der Waals surface area contributed by atoms with Crippen molar-refractivity contribution >= 4 is 71.2 Å². The maximum Gasteiger partial charge on any atom is 0.0547 e. The lowest BCUT2D eigenvalue weighted by Crippen LogP contribution is -2.11. The molecule has 0 aliphatic carbocycles. The first-order chi connectivity index (χ1) is 24.8. The molecule has 2 heteroatoms. The number of benzene rings is 9. The van der Waals surface area contributed by atoms with Gasteiger partial charge >= 0.3 is 0 Å². The summed E-state index contributed by atoms with van der Waals surface area (Å²) in [5, 5.41) is 10.1. The van der Waals surface area contributed by atoms with Gasteiger partial charge in [-0.15, -0.1) is 0 Å². The van der Waals surface area contributed by atoms with Crippen LogP contribution >= 0.6 is 0 Å². The van der Waals surface area contributed by atoms with E-state index in [1.165, 1.54) is 65.3 Å². The van der Waals surface area contributed by atoms with Crippen LogP contribution in [0.25, 0.3) is 70.9 Å². The van der Waals surface area contributed by atoms with Crippen molar-refractivity contribution in [1.82, 2.24) is 4.57 Å². The van der Waals surface area contributed by atoms with Gasteiger partial charge in [0.25, 0.3) is 0 Å². The quantitative estimate of drug-likeness (QED) is 0.171. The predicted octanol–water partition coefficient (Wildman–Crippen LogP) is 13.4. The fourth-order valence-electron chi connectivity index (χ4n) is 7.87. The normalized spacial score (nSPS) is 11.6. The third kappa shape index (κ3) is 4.50. The van der Waals surface area contributed by atoms with Gasteiger partial charge in [-0.25, -0.2) is 0 Å². The lowest BCUT2D eigenvalue weighted by atomic mass is 9.99. The Kier molecular flexibility index (Phi) is 6.53. The van der Waals surface area contributed by atoms with Crippen LogP contribution < -0.4 is 4.90 Å². The topological polar surface area (TPSA) is 8.17 Å². The van der Waals surface area contributed by atoms with E-state index >= 15 is 0 Å². The molecule has 0 bridgehead atoms. The molecule has 2 nitrogen and oxygen atoms in total. The summed E-state index contributed by atoms with van der Waals surface area (Å²) in [6.45, 7) is 0. The van der Waals surface area contributed by atoms with E-state index in [-0.39, 0.29) is 0 Å². The minimum absolute atomic E-state index is 1.10. The Labute approximate surface area is 290 Å². The lowest BCUT2D eigenvalue weighted by Gasteiger charge is -2.28. The van der Waals surface area contributed by atoms with Crippen LogP contribution in [0.5, 0.6) is 0 Å². The third-order valence-electron chi connectivity index (χ3n) is 10.1. The second-order valence-electron chi connectivity index (χ2n) is 13.0. The zero-order valence-corrected chi connectivity index (χ0v) is 27.4. The molecule has 1 aromatic heterocycles. The molecule has 0 N–H and O–H groups in total. The van der Waals surface area contributed by atoms with Crippen molar-refractivity contribution in [3.05, 3.63) is 194 Å². The molecule has 10 aromatic rings. The van der Waals surface area contributed by atoms with Gasteiger partial charge in [0, 0.05) is 33.4 Å². The highest BCUT2D eigenvalue weighted by atomic mass is 15.1. The van der Waals surface area contributed by atoms with E-state index in [0.717, 1.165) is 22.7 Å². The van der Waals surface area contributed by atoms with E-state index in [0.29, 0.717) is 0 Å². The first kappa shape index (κ1) is 28.4. The standard InChI is InChI=1S/C48H32N2/c1-2-12-33(13-3-1)42-17-8-10-20-45(42)49(39-29-30-41-36(32-39)23-22-34-14-4-6-16-40(34)41)37-25-27-38(28-26-37)50-46-21-11-9-19-44(46)48-43-18-7-5-15-35(43)24-31-47(48)50/h1-32H. The SMILES string of the molecule is c1ccc(-c2ccccc2N(c2ccc(-n3c4ccccc4c4c5ccccc5ccc43)cc2)c2ccc3c(ccc4ccccc43)c2)cc1. The van der Waals surface area contributed by atoms with Gasteiger partial charge in [-0.2, -0.15) is 0 Å². The molecule has 10 rings (SSSR count). The van der Waals surface area contributed by atoms with E-state index < -0.39 is 0 Å². The molecular weight excluding hydrogens is 605 g/mol. The van der Waals surface area contributed by atoms with Crippen molar-refractivity contribution in [2.75, 3.05) is 4.90 Å². The molecule has 0 radical (unpaired) electrons. The van der Waals surface area contributed by atoms with E-state index in [9.17, 15) is 0 Å². The van der Waals surface area contributed by atoms with Crippen LogP contribution in [0.4, 0.5) is 17.1 Å². The molecule has 0 fully saturated rings. The Hall–Kier alpha value is -6.64. The van der Waals surface area contributed by atoms with E-state index in [1.807, 2.05) is 0 Å². The van der Waals surface area contributed by atoms with Crippen molar-refractivity contribution in [2.45, 2.75) is 0 Å². The van der Waals surface area contributed by atoms with Gasteiger partial charge in [-0.3, -0.25) is 0 Å². The average Bonchev–Trinajstić information content (AvgIpc) is 3.53. The molecule has 50 heavy (non-hydrogen) atoms. The van der Waals surface area contributed by atoms with E-state index in [2.05, 4.69) is 204 Å². The van der Waals surface area contributed by atoms with Crippen molar-refractivity contribution in [1.29, 1.82) is 0 Å². The highest BCUT2D eigenvalue weighted by molar-refractivity contribution is 6.21. The van der Waals surface area contributed by atoms with Gasteiger partial charge in [-0.05, 0) is 92.5 Å². The molecule has 0 unspecified atom stereocenters. The molecule has 234 valence electrons. The summed E-state index contributed by atoms with van der Waals surface area (Å²) in [5.74, 6) is 0. The van der Waals surface area contributed by atoms with Crippen LogP contribution in [0, 0.1) is 0 Å². The fraction of sp³-hybridized carbons (Fsp3) is 0. The van der Waals surface area contributed by atoms with Crippen LogP contribution in [-0.4, -0.2) is 4.57 Å². The number of para-hydroxylation sites is 2. The van der Waals surface area contributed by atoms with Crippen LogP contribution in [0.2, 0.25) is 0 Å². The van der Waals surface area contributed by atoms with Crippen LogP contribution in [0.15, 0.2) is 194 Å². The number of hydrogen-bond acceptors (Lipinski definition) is 1. The van der Waals surface area contributed by atoms with Gasteiger partial charge in [0.1, 0.15) is 0 Å². The lowest BCUT2D eigenvalue weighted by molar-refractivity contribution is 1.17. The number of rotatable bonds is 5. The molecule has 0 amide bonds. The van der Waals surface area contributed by atoms with Gasteiger partial charge in [0.15, 0.2) is 0 Å². The Balaban J connectivity index is 1.17. The highest BCUT2D eigenvalue weighted by Gasteiger charge is 2.19. The summed E-state index contributed by atoms with van der Waals surface area (Å²) in [6.07, 6.45) is 0. The molecule has 1 heterocycles. The first-order valence-corrected chi connectivity index (χ1v) is 17.2. The molecule has 0 aliphatic rings. The Morgan fingerprint density at radius 2 is 0.960 bits per heavy atom. The largest absolute Gasteiger partial charge is 0.310 e. The number of hydrogen-bond donors (Lipinski definition) is 0. The van der Waals surface area contributed by atoms with Crippen molar-refractivity contribution in [2.24, 2.45) is 0 Å². The van der Waals surface area contributed by atoms with Gasteiger partial charge in [0.2, 0.25) is 0 Å². The van der Waals surface area contributed by atoms with Crippen LogP contribution in [0.1, 0.15) is 0 Å². The number of fused-ring (bicyclic) bond motifs is 8. The Morgan fingerprint density at radius 1 is 0.360 bits per heavy atom. The minimum atomic E-state index is 1.10. The van der Waals surface area contributed by atoms with E-state index in [4.69, 9.17) is 0 Å². The summed E-state index contributed by atoms with van der Waals surface area (Å²) < 4.78 is 2.41. The summed E-state index contributed by atoms with van der Waals surface area (Å²) in [7, 11) is 0. The zero-order chi connectivity index (χ0) is 33.0. The van der Waals surface area contributed by atoms with Crippen molar-refractivity contribution in [3.8, 4) is 16.8 Å². The molecule has 0 spiro atoms. The first-order valence-electron chi connectivity index (χ1n) is 17.2. The summed E-state index contributed by atoms with van der Waals surface area (Å²) in [4.78, 5) is 2.40. The minimum Gasteiger partial charge on any atom is -0.310 e. The molecule has 0 atom stereocenters. The van der Waals surface area contributed by atoms with Gasteiger partial charge in [-0.1, -0.05) is 140 Å². The molecule has 9 aromatic carbocycles. The Bertz CT molecular complexity index is 2860. The van der Waals surface area contributed by atoms with Gasteiger partial charge in [0.05, 0.1) is 16.7 Å². The maximum absolute atomic E-state index is 2.41. The maximum atomic E-state index is 2.41. The van der Waals surface area contributed by atoms with E-state index in [1.54, 1.807) is 0 Å². The summed E-state index contributed by atoms with van der Waals surface area (Å²) in [5.41, 5.74) is 9.28. The smallest absolute Gasteiger partial charge is 0.0547 e.